The van der Waals surface area contributed by atoms with Crippen molar-refractivity contribution in [1.29, 1.82) is 0 Å². The Balaban J connectivity index is 2.73. The molecule has 1 rings (SSSR count). The number of rotatable bonds is 6. The van der Waals surface area contributed by atoms with Crippen LogP contribution in [0.2, 0.25) is 0 Å². The zero-order chi connectivity index (χ0) is 12.0. The van der Waals surface area contributed by atoms with Crippen LogP contribution in [0.1, 0.15) is 31.9 Å². The lowest BCUT2D eigenvalue weighted by atomic mass is 10.1. The predicted octanol–water partition coefficient (Wildman–Crippen LogP) is 1.91. The predicted molar refractivity (Wildman–Crippen MR) is 63.4 cm³/mol. The molecule has 0 amide bonds. The van der Waals surface area contributed by atoms with Gasteiger partial charge < -0.3 is 15.2 Å². The highest BCUT2D eigenvalue weighted by molar-refractivity contribution is 5.26. The van der Waals surface area contributed by atoms with Gasteiger partial charge in [0.05, 0.1) is 24.9 Å². The van der Waals surface area contributed by atoms with Gasteiger partial charge in [-0.2, -0.15) is 0 Å². The van der Waals surface area contributed by atoms with Gasteiger partial charge in [0.25, 0.3) is 0 Å². The molecule has 2 unspecified atom stereocenters. The van der Waals surface area contributed by atoms with Crippen LogP contribution < -0.4 is 10.5 Å². The van der Waals surface area contributed by atoms with Crippen LogP contribution >= 0.6 is 0 Å². The number of aromatic nitrogens is 1. The molecular weight excluding hydrogens is 204 g/mol. The van der Waals surface area contributed by atoms with Crippen LogP contribution in [0, 0.1) is 0 Å². The first-order valence-electron chi connectivity index (χ1n) is 5.55. The van der Waals surface area contributed by atoms with Crippen LogP contribution in [0.3, 0.4) is 0 Å². The standard InChI is InChI=1S/C12H20N2O2/c1-4-5-16-11-6-10(7-14-8-11)12(13)9(2)15-3/h6-9,12H,4-5,13H2,1-3H3. The van der Waals surface area contributed by atoms with Crippen LogP contribution in [-0.2, 0) is 4.74 Å². The zero-order valence-electron chi connectivity index (χ0n) is 10.1. The van der Waals surface area contributed by atoms with E-state index >= 15 is 0 Å². The van der Waals surface area contributed by atoms with E-state index in [1.807, 2.05) is 13.0 Å². The summed E-state index contributed by atoms with van der Waals surface area (Å²) in [7, 11) is 1.65. The van der Waals surface area contributed by atoms with Crippen LogP contribution in [-0.4, -0.2) is 24.8 Å². The average Bonchev–Trinajstić information content (AvgIpc) is 2.34. The molecule has 0 aliphatic heterocycles. The molecule has 1 aromatic heterocycles. The third-order valence-corrected chi connectivity index (χ3v) is 2.47. The quantitative estimate of drug-likeness (QED) is 0.802. The van der Waals surface area contributed by atoms with E-state index in [0.717, 1.165) is 17.7 Å². The van der Waals surface area contributed by atoms with Gasteiger partial charge in [0, 0.05) is 13.3 Å². The van der Waals surface area contributed by atoms with Crippen LogP contribution in [0.4, 0.5) is 0 Å². The number of pyridine rings is 1. The molecule has 0 aliphatic rings. The highest BCUT2D eigenvalue weighted by Gasteiger charge is 2.14. The Hall–Kier alpha value is -1.13. The Bertz CT molecular complexity index is 318. The average molecular weight is 224 g/mol. The lowest BCUT2D eigenvalue weighted by Crippen LogP contribution is -2.25. The molecule has 4 nitrogen and oxygen atoms in total. The summed E-state index contributed by atoms with van der Waals surface area (Å²) in [5.74, 6) is 0.762. The van der Waals surface area contributed by atoms with E-state index in [1.165, 1.54) is 0 Å². The number of nitrogens with two attached hydrogens (primary N) is 1. The molecule has 2 N–H and O–H groups in total. The summed E-state index contributed by atoms with van der Waals surface area (Å²) >= 11 is 0. The van der Waals surface area contributed by atoms with Crippen LogP contribution in [0.25, 0.3) is 0 Å². The zero-order valence-corrected chi connectivity index (χ0v) is 10.1. The van der Waals surface area contributed by atoms with Crippen molar-refractivity contribution in [2.24, 2.45) is 5.73 Å². The van der Waals surface area contributed by atoms with Gasteiger partial charge in [-0.3, -0.25) is 4.98 Å². The molecule has 0 saturated carbocycles. The van der Waals surface area contributed by atoms with Gasteiger partial charge in [-0.1, -0.05) is 6.92 Å². The molecule has 0 radical (unpaired) electrons. The topological polar surface area (TPSA) is 57.4 Å². The van der Waals surface area contributed by atoms with Gasteiger partial charge in [0.2, 0.25) is 0 Å². The van der Waals surface area contributed by atoms with E-state index in [-0.39, 0.29) is 12.1 Å². The SMILES string of the molecule is CCCOc1cncc(C(N)C(C)OC)c1. The molecule has 0 aromatic carbocycles. The molecule has 0 spiro atoms. The molecule has 1 aromatic rings. The van der Waals surface area contributed by atoms with Crippen molar-refractivity contribution in [3.05, 3.63) is 24.0 Å². The number of ether oxygens (including phenoxy) is 2. The lowest BCUT2D eigenvalue weighted by molar-refractivity contribution is 0.0955. The summed E-state index contributed by atoms with van der Waals surface area (Å²) in [5.41, 5.74) is 6.96. The molecule has 16 heavy (non-hydrogen) atoms. The highest BCUT2D eigenvalue weighted by Crippen LogP contribution is 2.19. The van der Waals surface area contributed by atoms with Crippen molar-refractivity contribution in [2.45, 2.75) is 32.4 Å². The maximum absolute atomic E-state index is 6.03. The largest absolute Gasteiger partial charge is 0.492 e. The first-order valence-corrected chi connectivity index (χ1v) is 5.55. The summed E-state index contributed by atoms with van der Waals surface area (Å²) in [4.78, 5) is 4.11. The number of hydrogen-bond acceptors (Lipinski definition) is 4. The molecule has 2 atom stereocenters. The van der Waals surface area contributed by atoms with Gasteiger partial charge in [-0.15, -0.1) is 0 Å². The minimum absolute atomic E-state index is 0.0387. The van der Waals surface area contributed by atoms with E-state index in [1.54, 1.807) is 19.5 Å². The molecule has 0 fully saturated rings. The lowest BCUT2D eigenvalue weighted by Gasteiger charge is -2.18. The summed E-state index contributed by atoms with van der Waals surface area (Å²) in [6, 6.07) is 1.74. The molecule has 0 saturated heterocycles. The van der Waals surface area contributed by atoms with Gasteiger partial charge in [0.15, 0.2) is 0 Å². The van der Waals surface area contributed by atoms with Gasteiger partial charge in [-0.05, 0) is 25.0 Å². The monoisotopic (exact) mass is 224 g/mol. The minimum atomic E-state index is -0.178. The van der Waals surface area contributed by atoms with Crippen molar-refractivity contribution in [3.8, 4) is 5.75 Å². The Morgan fingerprint density at radius 1 is 1.44 bits per heavy atom. The van der Waals surface area contributed by atoms with Crippen molar-refractivity contribution in [1.82, 2.24) is 4.98 Å². The van der Waals surface area contributed by atoms with Gasteiger partial charge in [-0.25, -0.2) is 0 Å². The normalized spacial score (nSPS) is 14.5. The van der Waals surface area contributed by atoms with Crippen molar-refractivity contribution < 1.29 is 9.47 Å². The number of nitrogens with zero attached hydrogens (tertiary/aromatic N) is 1. The third-order valence-electron chi connectivity index (χ3n) is 2.47. The molecule has 1 heterocycles. The smallest absolute Gasteiger partial charge is 0.137 e. The van der Waals surface area contributed by atoms with E-state index in [2.05, 4.69) is 11.9 Å². The molecule has 90 valence electrons. The van der Waals surface area contributed by atoms with E-state index in [9.17, 15) is 0 Å². The van der Waals surface area contributed by atoms with Crippen molar-refractivity contribution in [3.63, 3.8) is 0 Å². The second kappa shape index (κ2) is 6.45. The number of hydrogen-bond donors (Lipinski definition) is 1. The highest BCUT2D eigenvalue weighted by atomic mass is 16.5. The summed E-state index contributed by atoms with van der Waals surface area (Å²) in [5, 5.41) is 0. The first-order chi connectivity index (χ1) is 7.69. The van der Waals surface area contributed by atoms with Crippen LogP contribution in [0.15, 0.2) is 18.5 Å². The van der Waals surface area contributed by atoms with Crippen LogP contribution in [0.5, 0.6) is 5.75 Å². The summed E-state index contributed by atoms with van der Waals surface area (Å²) < 4.78 is 10.7. The Morgan fingerprint density at radius 3 is 2.81 bits per heavy atom. The maximum atomic E-state index is 6.03. The minimum Gasteiger partial charge on any atom is -0.492 e. The van der Waals surface area contributed by atoms with E-state index in [4.69, 9.17) is 15.2 Å². The molecule has 0 aliphatic carbocycles. The Labute approximate surface area is 96.8 Å². The fourth-order valence-corrected chi connectivity index (χ4v) is 1.33. The molecule has 4 heteroatoms. The van der Waals surface area contributed by atoms with Crippen molar-refractivity contribution >= 4 is 0 Å². The van der Waals surface area contributed by atoms with Gasteiger partial charge in [0.1, 0.15) is 5.75 Å². The fraction of sp³-hybridized carbons (Fsp3) is 0.583. The summed E-state index contributed by atoms with van der Waals surface area (Å²) in [6.45, 7) is 4.69. The van der Waals surface area contributed by atoms with Gasteiger partial charge >= 0.3 is 0 Å². The fourth-order valence-electron chi connectivity index (χ4n) is 1.33. The Kier molecular flexibility index (Phi) is 5.22. The second-order valence-corrected chi connectivity index (χ2v) is 3.77. The first kappa shape index (κ1) is 12.9. The Morgan fingerprint density at radius 2 is 2.19 bits per heavy atom. The second-order valence-electron chi connectivity index (χ2n) is 3.77. The van der Waals surface area contributed by atoms with E-state index < -0.39 is 0 Å². The summed E-state index contributed by atoms with van der Waals surface area (Å²) in [6.07, 6.45) is 4.39. The molecule has 0 bridgehead atoms. The van der Waals surface area contributed by atoms with E-state index in [0.29, 0.717) is 6.61 Å². The maximum Gasteiger partial charge on any atom is 0.137 e. The number of methoxy groups -OCH3 is 1. The third kappa shape index (κ3) is 3.47. The molecular formula is C12H20N2O2. The van der Waals surface area contributed by atoms with Crippen molar-refractivity contribution in [2.75, 3.05) is 13.7 Å².